The first-order valence-corrected chi connectivity index (χ1v) is 5.74. The highest BCUT2D eigenvalue weighted by Crippen LogP contribution is 2.22. The van der Waals surface area contributed by atoms with E-state index in [4.69, 9.17) is 9.84 Å². The molecule has 0 aromatic carbocycles. The number of amides is 1. The minimum absolute atomic E-state index is 0.138. The fourth-order valence-corrected chi connectivity index (χ4v) is 2.14. The molecule has 1 amide bonds. The number of carboxylic acids is 1. The maximum Gasteiger partial charge on any atom is 0.410 e. The molecule has 0 unspecified atom stereocenters. The topological polar surface area (TPSA) is 84.7 Å². The van der Waals surface area contributed by atoms with E-state index < -0.39 is 12.1 Å². The van der Waals surface area contributed by atoms with Gasteiger partial charge in [-0.1, -0.05) is 0 Å². The molecule has 0 spiro atoms. The molecule has 0 saturated heterocycles. The van der Waals surface area contributed by atoms with Gasteiger partial charge in [-0.25, -0.2) is 9.59 Å². The molecule has 1 aromatic rings. The monoisotopic (exact) mass is 253 g/mol. The Morgan fingerprint density at radius 3 is 2.83 bits per heavy atom. The molecule has 1 aliphatic heterocycles. The van der Waals surface area contributed by atoms with Gasteiger partial charge in [0.1, 0.15) is 0 Å². The van der Waals surface area contributed by atoms with E-state index >= 15 is 0 Å². The third-order valence-corrected chi connectivity index (χ3v) is 2.92. The van der Waals surface area contributed by atoms with Crippen molar-refractivity contribution in [2.45, 2.75) is 19.9 Å². The Balaban J connectivity index is 2.27. The number of aryl methyl sites for hydroxylation is 1. The van der Waals surface area contributed by atoms with Gasteiger partial charge in [-0.05, 0) is 6.92 Å². The van der Waals surface area contributed by atoms with Crippen LogP contribution in [0.3, 0.4) is 0 Å². The number of aromatic carboxylic acids is 1. The Kier molecular flexibility index (Phi) is 3.22. The molecule has 0 atom stereocenters. The third kappa shape index (κ3) is 2.03. The van der Waals surface area contributed by atoms with Gasteiger partial charge in [0, 0.05) is 25.6 Å². The van der Waals surface area contributed by atoms with Crippen LogP contribution in [0.15, 0.2) is 0 Å². The second-order valence-corrected chi connectivity index (χ2v) is 4.07. The summed E-state index contributed by atoms with van der Waals surface area (Å²) >= 11 is 0. The minimum atomic E-state index is -1.03. The van der Waals surface area contributed by atoms with Crippen LogP contribution in [0.25, 0.3) is 0 Å². The van der Waals surface area contributed by atoms with Gasteiger partial charge in [-0.3, -0.25) is 4.68 Å². The van der Waals surface area contributed by atoms with E-state index in [1.54, 1.807) is 14.0 Å². The van der Waals surface area contributed by atoms with E-state index in [1.807, 2.05) is 0 Å². The SMILES string of the molecule is CCOC(=O)N1CCc2nn(C)c(C(=O)O)c2C1. The number of nitrogens with zero attached hydrogens (tertiary/aromatic N) is 3. The van der Waals surface area contributed by atoms with Crippen LogP contribution in [0, 0.1) is 0 Å². The fraction of sp³-hybridized carbons (Fsp3) is 0.545. The van der Waals surface area contributed by atoms with Crippen molar-refractivity contribution in [2.24, 2.45) is 7.05 Å². The first-order chi connectivity index (χ1) is 8.54. The fourth-order valence-electron chi connectivity index (χ4n) is 2.14. The Hall–Kier alpha value is -2.05. The Morgan fingerprint density at radius 2 is 2.22 bits per heavy atom. The molecule has 18 heavy (non-hydrogen) atoms. The van der Waals surface area contributed by atoms with E-state index in [2.05, 4.69) is 5.10 Å². The number of hydrogen-bond donors (Lipinski definition) is 1. The normalized spacial score (nSPS) is 14.2. The molecule has 98 valence electrons. The van der Waals surface area contributed by atoms with E-state index in [0.717, 1.165) is 5.69 Å². The lowest BCUT2D eigenvalue weighted by Gasteiger charge is -2.25. The summed E-state index contributed by atoms with van der Waals surface area (Å²) in [5, 5.41) is 13.3. The van der Waals surface area contributed by atoms with Gasteiger partial charge in [0.25, 0.3) is 0 Å². The second-order valence-electron chi connectivity index (χ2n) is 4.07. The van der Waals surface area contributed by atoms with Gasteiger partial charge >= 0.3 is 12.1 Å². The molecule has 2 rings (SSSR count). The van der Waals surface area contributed by atoms with Crippen molar-refractivity contribution < 1.29 is 19.4 Å². The van der Waals surface area contributed by atoms with Crippen LogP contribution < -0.4 is 0 Å². The van der Waals surface area contributed by atoms with Gasteiger partial charge in [0.05, 0.1) is 18.8 Å². The zero-order valence-electron chi connectivity index (χ0n) is 10.3. The van der Waals surface area contributed by atoms with Crippen LogP contribution in [0.2, 0.25) is 0 Å². The smallest absolute Gasteiger partial charge is 0.410 e. The molecule has 0 fully saturated rings. The zero-order valence-corrected chi connectivity index (χ0v) is 10.3. The van der Waals surface area contributed by atoms with Crippen molar-refractivity contribution in [3.05, 3.63) is 17.0 Å². The molecule has 1 N–H and O–H groups in total. The number of rotatable bonds is 2. The van der Waals surface area contributed by atoms with Crippen LogP contribution in [0.4, 0.5) is 4.79 Å². The van der Waals surface area contributed by atoms with Crippen molar-refractivity contribution in [1.82, 2.24) is 14.7 Å². The first-order valence-electron chi connectivity index (χ1n) is 5.74. The average Bonchev–Trinajstić information content (AvgIpc) is 2.64. The molecule has 2 heterocycles. The second kappa shape index (κ2) is 4.67. The molecule has 7 nitrogen and oxygen atoms in total. The number of carbonyl (C=O) groups is 2. The molecular formula is C11H15N3O4. The predicted octanol–water partition coefficient (Wildman–Crippen LogP) is 0.633. The number of carbonyl (C=O) groups excluding carboxylic acids is 1. The summed E-state index contributed by atoms with van der Waals surface area (Å²) in [5.41, 5.74) is 1.48. The molecule has 0 bridgehead atoms. The van der Waals surface area contributed by atoms with E-state index in [-0.39, 0.29) is 12.2 Å². The highest BCUT2D eigenvalue weighted by atomic mass is 16.6. The summed E-state index contributed by atoms with van der Waals surface area (Å²) in [5.74, 6) is -1.03. The van der Waals surface area contributed by atoms with Crippen molar-refractivity contribution in [3.63, 3.8) is 0 Å². The Labute approximate surface area is 104 Å². The molecule has 0 saturated carbocycles. The zero-order chi connectivity index (χ0) is 13.3. The molecule has 7 heteroatoms. The van der Waals surface area contributed by atoms with Crippen molar-refractivity contribution in [2.75, 3.05) is 13.2 Å². The standard InChI is InChI=1S/C11H15N3O4/c1-3-18-11(17)14-5-4-8-7(6-14)9(10(15)16)13(2)12-8/h3-6H2,1-2H3,(H,15,16). The van der Waals surface area contributed by atoms with Gasteiger partial charge in [0.15, 0.2) is 5.69 Å². The maximum atomic E-state index is 11.6. The number of hydrogen-bond acceptors (Lipinski definition) is 4. The van der Waals surface area contributed by atoms with Gasteiger partial charge in [0.2, 0.25) is 0 Å². The highest BCUT2D eigenvalue weighted by molar-refractivity contribution is 5.88. The molecular weight excluding hydrogens is 238 g/mol. The predicted molar refractivity (Wildman–Crippen MR) is 61.3 cm³/mol. The van der Waals surface area contributed by atoms with Crippen LogP contribution in [-0.2, 0) is 24.8 Å². The van der Waals surface area contributed by atoms with Crippen LogP contribution >= 0.6 is 0 Å². The van der Waals surface area contributed by atoms with Gasteiger partial charge in [-0.15, -0.1) is 0 Å². The largest absolute Gasteiger partial charge is 0.477 e. The van der Waals surface area contributed by atoms with Gasteiger partial charge in [-0.2, -0.15) is 5.10 Å². The lowest BCUT2D eigenvalue weighted by atomic mass is 10.1. The van der Waals surface area contributed by atoms with Crippen LogP contribution in [0.1, 0.15) is 28.7 Å². The summed E-state index contributed by atoms with van der Waals surface area (Å²) in [6.45, 7) is 2.78. The third-order valence-electron chi connectivity index (χ3n) is 2.92. The summed E-state index contributed by atoms with van der Waals surface area (Å²) in [6, 6.07) is 0. The molecule has 0 aliphatic carbocycles. The van der Waals surface area contributed by atoms with Gasteiger partial charge < -0.3 is 14.7 Å². The lowest BCUT2D eigenvalue weighted by molar-refractivity contribution is 0.0679. The van der Waals surface area contributed by atoms with E-state index in [9.17, 15) is 9.59 Å². The summed E-state index contributed by atoms with van der Waals surface area (Å²) < 4.78 is 6.26. The van der Waals surface area contributed by atoms with E-state index in [0.29, 0.717) is 25.1 Å². The quantitative estimate of drug-likeness (QED) is 0.835. The molecule has 1 aromatic heterocycles. The van der Waals surface area contributed by atoms with Crippen molar-refractivity contribution in [3.8, 4) is 0 Å². The molecule has 1 aliphatic rings. The Bertz CT molecular complexity index is 495. The van der Waals surface area contributed by atoms with Crippen molar-refractivity contribution in [1.29, 1.82) is 0 Å². The highest BCUT2D eigenvalue weighted by Gasteiger charge is 2.29. The maximum absolute atomic E-state index is 11.6. The first kappa shape index (κ1) is 12.4. The lowest BCUT2D eigenvalue weighted by Crippen LogP contribution is -2.36. The summed E-state index contributed by atoms with van der Waals surface area (Å²) in [7, 11) is 1.59. The average molecular weight is 253 g/mol. The summed E-state index contributed by atoms with van der Waals surface area (Å²) in [6.07, 6.45) is 0.137. The number of aromatic nitrogens is 2. The van der Waals surface area contributed by atoms with Crippen LogP contribution in [0.5, 0.6) is 0 Å². The minimum Gasteiger partial charge on any atom is -0.477 e. The number of carboxylic acid groups (broad SMARTS) is 1. The van der Waals surface area contributed by atoms with Crippen LogP contribution in [-0.4, -0.2) is 45.0 Å². The van der Waals surface area contributed by atoms with Crippen molar-refractivity contribution >= 4 is 12.1 Å². The number of ether oxygens (including phenoxy) is 1. The molecule has 0 radical (unpaired) electrons. The summed E-state index contributed by atoms with van der Waals surface area (Å²) in [4.78, 5) is 24.3. The number of fused-ring (bicyclic) bond motifs is 1. The Morgan fingerprint density at radius 1 is 1.50 bits per heavy atom. The van der Waals surface area contributed by atoms with E-state index in [1.165, 1.54) is 9.58 Å².